The Kier molecular flexibility index (Phi) is 12.7. The number of ether oxygens (including phenoxy) is 1. The van der Waals surface area contributed by atoms with Crippen LogP contribution >= 0.6 is 27.7 Å². The van der Waals surface area contributed by atoms with Crippen LogP contribution in [0.25, 0.3) is 0 Å². The molecule has 0 unspecified atom stereocenters. The number of carbonyl (C=O) groups excluding carboxylic acids is 3. The van der Waals surface area contributed by atoms with Gasteiger partial charge in [0.15, 0.2) is 0 Å². The number of hydrogen-bond donors (Lipinski definition) is 1. The number of rotatable bonds is 12. The average Bonchev–Trinajstić information content (AvgIpc) is 3.03. The molecule has 2 N–H and O–H groups in total. The van der Waals surface area contributed by atoms with E-state index < -0.39 is 59.9 Å². The maximum Gasteiger partial charge on any atom is 0.416 e. The van der Waals surface area contributed by atoms with E-state index in [0.717, 1.165) is 15.8 Å². The zero-order chi connectivity index (χ0) is 35.2. The fourth-order valence-electron chi connectivity index (χ4n) is 6.04. The van der Waals surface area contributed by atoms with Gasteiger partial charge in [0.25, 0.3) is 0 Å². The van der Waals surface area contributed by atoms with Gasteiger partial charge in [0.2, 0.25) is 11.8 Å². The zero-order valence-electron chi connectivity index (χ0n) is 26.2. The van der Waals surface area contributed by atoms with Crippen molar-refractivity contribution in [3.05, 3.63) is 69.2 Å². The van der Waals surface area contributed by atoms with Gasteiger partial charge in [-0.3, -0.25) is 14.5 Å². The van der Waals surface area contributed by atoms with Crippen LogP contribution < -0.4 is 5.73 Å². The normalized spacial score (nSPS) is 20.3. The zero-order valence-corrected chi connectivity index (χ0v) is 28.6. The summed E-state index contributed by atoms with van der Waals surface area (Å²) >= 11 is 4.98. The van der Waals surface area contributed by atoms with Gasteiger partial charge in [-0.1, -0.05) is 28.1 Å². The number of nitrogens with zero attached hydrogens (tertiary/aromatic N) is 3. The van der Waals surface area contributed by atoms with E-state index in [9.17, 15) is 40.7 Å². The first-order valence-corrected chi connectivity index (χ1v) is 17.6. The highest BCUT2D eigenvalue weighted by Crippen LogP contribution is 2.37. The van der Waals surface area contributed by atoms with E-state index >= 15 is 0 Å². The Morgan fingerprint density at radius 1 is 0.938 bits per heavy atom. The Labute approximate surface area is 287 Å². The van der Waals surface area contributed by atoms with Crippen molar-refractivity contribution >= 4 is 45.6 Å². The van der Waals surface area contributed by atoms with Crippen molar-refractivity contribution in [2.45, 2.75) is 63.3 Å². The molecule has 0 aromatic heterocycles. The minimum Gasteiger partial charge on any atom is -0.444 e. The molecule has 0 spiro atoms. The van der Waals surface area contributed by atoms with Crippen molar-refractivity contribution in [2.24, 2.45) is 11.7 Å². The quantitative estimate of drug-likeness (QED) is 0.195. The van der Waals surface area contributed by atoms with Crippen molar-refractivity contribution in [3.8, 4) is 0 Å². The van der Waals surface area contributed by atoms with E-state index in [1.165, 1.54) is 9.80 Å². The Morgan fingerprint density at radius 2 is 1.58 bits per heavy atom. The summed E-state index contributed by atoms with van der Waals surface area (Å²) < 4.78 is 86.9. The monoisotopic (exact) mass is 766 g/mol. The van der Waals surface area contributed by atoms with E-state index in [1.807, 2.05) is 18.4 Å². The SMILES string of the molecule is CSCCCN1C[C@@H]2N(C(=O)OCc3cc(C(F)(F)F)cc(C(F)(F)F)c3)C[C@H](Cc3ccc(Br)cc3)C(=O)N2[C@@H](CCCCN)C1=O. The smallest absolute Gasteiger partial charge is 0.416 e. The second-order valence-electron chi connectivity index (χ2n) is 11.8. The van der Waals surface area contributed by atoms with Crippen LogP contribution in [0.5, 0.6) is 0 Å². The first kappa shape index (κ1) is 37.8. The third-order valence-corrected chi connectivity index (χ3v) is 9.59. The van der Waals surface area contributed by atoms with Crippen molar-refractivity contribution in [1.29, 1.82) is 0 Å². The third-order valence-electron chi connectivity index (χ3n) is 8.37. The Balaban J connectivity index is 1.67. The van der Waals surface area contributed by atoms with E-state index in [2.05, 4.69) is 15.9 Å². The number of halogens is 7. The van der Waals surface area contributed by atoms with Crippen LogP contribution in [-0.2, 0) is 39.7 Å². The van der Waals surface area contributed by atoms with Crippen LogP contribution in [-0.4, -0.2) is 83.0 Å². The summed E-state index contributed by atoms with van der Waals surface area (Å²) in [5.41, 5.74) is 2.93. The van der Waals surface area contributed by atoms with Crippen molar-refractivity contribution in [1.82, 2.24) is 14.7 Å². The largest absolute Gasteiger partial charge is 0.444 e. The molecular formula is C32H37BrF6N4O4S. The lowest BCUT2D eigenvalue weighted by Crippen LogP contribution is -2.73. The molecule has 3 amide bonds. The van der Waals surface area contributed by atoms with Crippen LogP contribution in [0.3, 0.4) is 0 Å². The van der Waals surface area contributed by atoms with E-state index in [-0.39, 0.29) is 37.4 Å². The third kappa shape index (κ3) is 9.37. The van der Waals surface area contributed by atoms with Gasteiger partial charge < -0.3 is 20.3 Å². The van der Waals surface area contributed by atoms with Gasteiger partial charge >= 0.3 is 18.4 Å². The molecule has 8 nitrogen and oxygen atoms in total. The van der Waals surface area contributed by atoms with Crippen molar-refractivity contribution in [2.75, 3.05) is 38.2 Å². The summed E-state index contributed by atoms with van der Waals surface area (Å²) in [4.78, 5) is 46.0. The van der Waals surface area contributed by atoms with Crippen LogP contribution in [0.1, 0.15) is 47.9 Å². The van der Waals surface area contributed by atoms with Crippen molar-refractivity contribution in [3.63, 3.8) is 0 Å². The lowest BCUT2D eigenvalue weighted by Gasteiger charge is -2.53. The molecule has 2 aromatic carbocycles. The number of benzene rings is 2. The molecule has 2 aromatic rings. The highest BCUT2D eigenvalue weighted by molar-refractivity contribution is 9.10. The van der Waals surface area contributed by atoms with Crippen LogP contribution in [0, 0.1) is 5.92 Å². The lowest BCUT2D eigenvalue weighted by atomic mass is 9.90. The fourth-order valence-corrected chi connectivity index (χ4v) is 6.72. The Hall–Kier alpha value is -2.98. The first-order valence-electron chi connectivity index (χ1n) is 15.4. The summed E-state index contributed by atoms with van der Waals surface area (Å²) in [6, 6.07) is 7.34. The fraction of sp³-hybridized carbons (Fsp3) is 0.531. The van der Waals surface area contributed by atoms with Crippen LogP contribution in [0.15, 0.2) is 46.9 Å². The van der Waals surface area contributed by atoms with Gasteiger partial charge in [-0.15, -0.1) is 0 Å². The standard InChI is InChI=1S/C32H37BrF6N4O4S/c1-48-12-4-11-41-18-27-42(30(46)47-19-21-14-23(31(34,35)36)16-24(15-21)32(37,38)39)17-22(13-20-6-8-25(33)9-7-20)28(44)43(27)26(29(41)45)5-2-3-10-40/h6-9,14-16,22,26-27H,2-5,10-13,17-19,40H2,1H3/t22-,26-,27+/m0/s1. The number of amides is 3. The van der Waals surface area contributed by atoms with E-state index in [4.69, 9.17) is 10.5 Å². The summed E-state index contributed by atoms with van der Waals surface area (Å²) in [6.07, 6.45) is -7.86. The molecule has 2 heterocycles. The molecule has 48 heavy (non-hydrogen) atoms. The highest BCUT2D eigenvalue weighted by atomic mass is 79.9. The molecule has 264 valence electrons. The van der Waals surface area contributed by atoms with Gasteiger partial charge in [-0.2, -0.15) is 38.1 Å². The molecular weight excluding hydrogens is 730 g/mol. The first-order chi connectivity index (χ1) is 22.6. The minimum absolute atomic E-state index is 0.00163. The van der Waals surface area contributed by atoms with Gasteiger partial charge in [-0.05, 0) is 92.1 Å². The minimum atomic E-state index is -5.07. The molecule has 16 heteroatoms. The predicted molar refractivity (Wildman–Crippen MR) is 172 cm³/mol. The number of hydrogen-bond acceptors (Lipinski definition) is 6. The molecule has 0 saturated carbocycles. The number of fused-ring (bicyclic) bond motifs is 1. The van der Waals surface area contributed by atoms with Gasteiger partial charge in [0, 0.05) is 17.6 Å². The summed E-state index contributed by atoms with van der Waals surface area (Å²) in [7, 11) is 0. The summed E-state index contributed by atoms with van der Waals surface area (Å²) in [6.45, 7) is -0.272. The Morgan fingerprint density at radius 3 is 2.17 bits per heavy atom. The van der Waals surface area contributed by atoms with Crippen LogP contribution in [0.4, 0.5) is 31.1 Å². The summed E-state index contributed by atoms with van der Waals surface area (Å²) in [5.74, 6) is -0.603. The number of carbonyl (C=O) groups is 3. The van der Waals surface area contributed by atoms with Gasteiger partial charge in [0.1, 0.15) is 18.8 Å². The molecule has 2 saturated heterocycles. The number of piperazine rings is 1. The highest BCUT2D eigenvalue weighted by Gasteiger charge is 2.51. The number of nitrogens with two attached hydrogens (primary N) is 1. The second-order valence-corrected chi connectivity index (χ2v) is 13.7. The molecule has 2 fully saturated rings. The van der Waals surface area contributed by atoms with E-state index in [0.29, 0.717) is 50.9 Å². The van der Waals surface area contributed by atoms with Gasteiger partial charge in [-0.25, -0.2) is 4.79 Å². The molecule has 2 aliphatic heterocycles. The predicted octanol–water partition coefficient (Wildman–Crippen LogP) is 6.55. The maximum atomic E-state index is 14.1. The number of thioether (sulfide) groups is 1. The average molecular weight is 768 g/mol. The Bertz CT molecular complexity index is 1410. The molecule has 0 radical (unpaired) electrons. The van der Waals surface area contributed by atoms with Crippen LogP contribution in [0.2, 0.25) is 0 Å². The topological polar surface area (TPSA) is 96.2 Å². The lowest BCUT2D eigenvalue weighted by molar-refractivity contribution is -0.173. The maximum absolute atomic E-state index is 14.1. The molecule has 0 aliphatic carbocycles. The number of unbranched alkanes of at least 4 members (excludes halogenated alkanes) is 1. The molecule has 4 rings (SSSR count). The molecule has 2 aliphatic rings. The number of alkyl halides is 6. The van der Waals surface area contributed by atoms with Gasteiger partial charge in [0.05, 0.1) is 23.6 Å². The second kappa shape index (κ2) is 16.2. The molecule has 0 bridgehead atoms. The van der Waals surface area contributed by atoms with E-state index in [1.54, 1.807) is 28.8 Å². The summed E-state index contributed by atoms with van der Waals surface area (Å²) in [5, 5.41) is 0. The van der Waals surface area contributed by atoms with Crippen molar-refractivity contribution < 1.29 is 45.5 Å². The molecule has 3 atom stereocenters.